The number of amides is 1. The Morgan fingerprint density at radius 1 is 1.39 bits per heavy atom. The van der Waals surface area contributed by atoms with E-state index in [1.807, 2.05) is 0 Å². The second kappa shape index (κ2) is 6.54. The Kier molecular flexibility index (Phi) is 4.47. The molecule has 2 N–H and O–H groups in total. The van der Waals surface area contributed by atoms with E-state index in [1.54, 1.807) is 25.1 Å². The lowest BCUT2D eigenvalue weighted by Crippen LogP contribution is -2.40. The molecule has 2 aromatic rings. The van der Waals surface area contributed by atoms with Gasteiger partial charge in [0.05, 0.1) is 5.52 Å². The van der Waals surface area contributed by atoms with Gasteiger partial charge in [-0.15, -0.1) is 0 Å². The molecule has 1 saturated carbocycles. The molecule has 1 heterocycles. The van der Waals surface area contributed by atoms with Gasteiger partial charge in [-0.2, -0.15) is 0 Å². The van der Waals surface area contributed by atoms with Crippen molar-refractivity contribution < 1.29 is 18.7 Å². The molecule has 122 valence electrons. The van der Waals surface area contributed by atoms with Gasteiger partial charge in [0.1, 0.15) is 12.1 Å². The third kappa shape index (κ3) is 3.61. The average Bonchev–Trinajstić information content (AvgIpc) is 3.14. The third-order valence-corrected chi connectivity index (χ3v) is 4.15. The van der Waals surface area contributed by atoms with Crippen LogP contribution in [0.4, 0.5) is 0 Å². The summed E-state index contributed by atoms with van der Waals surface area (Å²) < 4.78 is 10.7. The van der Waals surface area contributed by atoms with Crippen molar-refractivity contribution in [3.8, 4) is 0 Å². The first kappa shape index (κ1) is 15.7. The van der Waals surface area contributed by atoms with Crippen LogP contribution in [0.3, 0.4) is 0 Å². The minimum absolute atomic E-state index is 0.0117. The number of hydrogen-bond acceptors (Lipinski definition) is 5. The van der Waals surface area contributed by atoms with E-state index in [0.717, 1.165) is 31.2 Å². The van der Waals surface area contributed by atoms with Gasteiger partial charge in [-0.3, -0.25) is 4.79 Å². The molecule has 0 radical (unpaired) electrons. The number of benzene rings is 1. The van der Waals surface area contributed by atoms with Crippen molar-refractivity contribution in [3.63, 3.8) is 0 Å². The summed E-state index contributed by atoms with van der Waals surface area (Å²) in [6.07, 6.45) is 3.97. The molecule has 6 nitrogen and oxygen atoms in total. The van der Waals surface area contributed by atoms with E-state index in [2.05, 4.69) is 10.3 Å². The zero-order chi connectivity index (χ0) is 16.4. The van der Waals surface area contributed by atoms with Crippen LogP contribution >= 0.6 is 12.2 Å². The van der Waals surface area contributed by atoms with Crippen LogP contribution in [0.2, 0.25) is 0 Å². The second-order valence-electron chi connectivity index (χ2n) is 5.76. The first-order valence-corrected chi connectivity index (χ1v) is 8.08. The van der Waals surface area contributed by atoms with Gasteiger partial charge >= 0.3 is 5.97 Å². The summed E-state index contributed by atoms with van der Waals surface area (Å²) in [4.78, 5) is 27.4. The van der Waals surface area contributed by atoms with Crippen molar-refractivity contribution in [3.05, 3.63) is 28.6 Å². The van der Waals surface area contributed by atoms with Gasteiger partial charge in [-0.25, -0.2) is 4.79 Å². The lowest BCUT2D eigenvalue weighted by molar-refractivity contribution is -0.150. The van der Waals surface area contributed by atoms with Gasteiger partial charge in [0.15, 0.2) is 5.58 Å². The van der Waals surface area contributed by atoms with E-state index in [4.69, 9.17) is 21.4 Å². The summed E-state index contributed by atoms with van der Waals surface area (Å²) in [5.74, 6) is -0.754. The summed E-state index contributed by atoms with van der Waals surface area (Å²) in [6, 6.07) is 4.25. The lowest BCUT2D eigenvalue weighted by Gasteiger charge is -2.17. The predicted octanol–water partition coefficient (Wildman–Crippen LogP) is 3.09. The monoisotopic (exact) mass is 334 g/mol. The Balaban J connectivity index is 1.64. The Morgan fingerprint density at radius 3 is 2.87 bits per heavy atom. The Hall–Kier alpha value is -2.15. The maximum atomic E-state index is 12.3. The van der Waals surface area contributed by atoms with Gasteiger partial charge < -0.3 is 19.5 Å². The largest absolute Gasteiger partial charge is 0.461 e. The fourth-order valence-corrected chi connectivity index (χ4v) is 2.90. The molecule has 1 fully saturated rings. The summed E-state index contributed by atoms with van der Waals surface area (Å²) in [5.41, 5.74) is 1.62. The molecule has 1 aromatic carbocycles. The number of fused-ring (bicyclic) bond motifs is 1. The predicted molar refractivity (Wildman–Crippen MR) is 86.7 cm³/mol. The fourth-order valence-electron chi connectivity index (χ4n) is 2.70. The Morgan fingerprint density at radius 2 is 2.13 bits per heavy atom. The zero-order valence-corrected chi connectivity index (χ0v) is 13.6. The summed E-state index contributed by atoms with van der Waals surface area (Å²) in [6.45, 7) is 1.62. The maximum Gasteiger partial charge on any atom is 0.328 e. The van der Waals surface area contributed by atoms with Crippen molar-refractivity contribution in [1.82, 2.24) is 10.3 Å². The van der Waals surface area contributed by atoms with Crippen LogP contribution in [0.5, 0.6) is 0 Å². The van der Waals surface area contributed by atoms with E-state index in [-0.39, 0.29) is 16.8 Å². The van der Waals surface area contributed by atoms with E-state index in [0.29, 0.717) is 11.1 Å². The zero-order valence-electron chi connectivity index (χ0n) is 12.8. The summed E-state index contributed by atoms with van der Waals surface area (Å²) >= 11 is 4.91. The van der Waals surface area contributed by atoms with E-state index >= 15 is 0 Å². The fraction of sp³-hybridized carbons (Fsp3) is 0.438. The van der Waals surface area contributed by atoms with Crippen molar-refractivity contribution in [1.29, 1.82) is 0 Å². The number of carbonyl (C=O) groups is 2. The first-order valence-electron chi connectivity index (χ1n) is 7.67. The van der Waals surface area contributed by atoms with Gasteiger partial charge in [-0.1, -0.05) is 0 Å². The number of carbonyl (C=O) groups excluding carboxylic acids is 2. The van der Waals surface area contributed by atoms with Crippen LogP contribution in [-0.4, -0.2) is 29.0 Å². The Bertz CT molecular complexity index is 789. The van der Waals surface area contributed by atoms with Gasteiger partial charge in [0.25, 0.3) is 10.7 Å². The van der Waals surface area contributed by atoms with Crippen LogP contribution in [0.25, 0.3) is 11.1 Å². The molecule has 1 aromatic heterocycles. The van der Waals surface area contributed by atoms with Crippen LogP contribution in [-0.2, 0) is 9.53 Å². The molecule has 0 spiro atoms. The van der Waals surface area contributed by atoms with Gasteiger partial charge in [-0.05, 0) is 63.0 Å². The van der Waals surface area contributed by atoms with Crippen LogP contribution < -0.4 is 5.32 Å². The molecule has 1 atom stereocenters. The van der Waals surface area contributed by atoms with E-state index < -0.39 is 12.0 Å². The molecular weight excluding hydrogens is 316 g/mol. The number of ether oxygens (including phenoxy) is 1. The van der Waals surface area contributed by atoms with E-state index in [9.17, 15) is 9.59 Å². The summed E-state index contributed by atoms with van der Waals surface area (Å²) in [5, 5.41) is 2.65. The molecule has 1 aliphatic rings. The maximum absolute atomic E-state index is 12.3. The number of aromatic amines is 1. The molecule has 0 bridgehead atoms. The van der Waals surface area contributed by atoms with E-state index in [1.165, 1.54) is 0 Å². The number of rotatable bonds is 4. The number of oxazole rings is 1. The highest BCUT2D eigenvalue weighted by molar-refractivity contribution is 7.71. The molecule has 1 amide bonds. The minimum Gasteiger partial charge on any atom is -0.461 e. The van der Waals surface area contributed by atoms with Crippen LogP contribution in [0, 0.1) is 4.84 Å². The highest BCUT2D eigenvalue weighted by Gasteiger charge is 2.24. The Labute approximate surface area is 138 Å². The smallest absolute Gasteiger partial charge is 0.328 e. The quantitative estimate of drug-likeness (QED) is 0.663. The molecule has 0 unspecified atom stereocenters. The summed E-state index contributed by atoms with van der Waals surface area (Å²) in [7, 11) is 0. The van der Waals surface area contributed by atoms with Gasteiger partial charge in [0, 0.05) is 5.56 Å². The molecule has 3 rings (SSSR count). The molecule has 0 saturated heterocycles. The number of H-pyrrole nitrogens is 1. The average molecular weight is 334 g/mol. The SMILES string of the molecule is C[C@H](NC(=O)c1ccc2[nH]c(=S)oc2c1)C(=O)OC1CCCC1. The van der Waals surface area contributed by atoms with Crippen molar-refractivity contribution >= 4 is 35.2 Å². The minimum atomic E-state index is -0.698. The van der Waals surface area contributed by atoms with Crippen molar-refractivity contribution in [2.45, 2.75) is 44.8 Å². The van der Waals surface area contributed by atoms with Crippen LogP contribution in [0.15, 0.2) is 22.6 Å². The first-order chi connectivity index (χ1) is 11.0. The number of esters is 1. The topological polar surface area (TPSA) is 84.3 Å². The van der Waals surface area contributed by atoms with Crippen molar-refractivity contribution in [2.24, 2.45) is 0 Å². The molecular formula is C16H18N2O4S. The number of aromatic nitrogens is 1. The normalized spacial score (nSPS) is 16.4. The molecule has 0 aliphatic heterocycles. The van der Waals surface area contributed by atoms with Crippen LogP contribution in [0.1, 0.15) is 43.0 Å². The number of hydrogen-bond donors (Lipinski definition) is 2. The second-order valence-corrected chi connectivity index (χ2v) is 6.13. The highest BCUT2D eigenvalue weighted by atomic mass is 32.1. The molecule has 1 aliphatic carbocycles. The third-order valence-electron chi connectivity index (χ3n) is 3.97. The lowest BCUT2D eigenvalue weighted by atomic mass is 10.2. The molecule has 7 heteroatoms. The highest BCUT2D eigenvalue weighted by Crippen LogP contribution is 2.21. The standard InChI is InChI=1S/C16H18N2O4S/c1-9(15(20)21-11-4-2-3-5-11)17-14(19)10-6-7-12-13(8-10)22-16(23)18-12/h6-9,11H,2-5H2,1H3,(H,17,19)(H,18,23)/t9-/m0/s1. The van der Waals surface area contributed by atoms with Gasteiger partial charge in [0.2, 0.25) is 0 Å². The van der Waals surface area contributed by atoms with Crippen molar-refractivity contribution in [2.75, 3.05) is 0 Å². The number of nitrogens with one attached hydrogen (secondary N) is 2. The molecule has 23 heavy (non-hydrogen) atoms.